The van der Waals surface area contributed by atoms with Crippen molar-refractivity contribution < 1.29 is 4.79 Å². The first-order valence-corrected chi connectivity index (χ1v) is 6.45. The molecule has 0 radical (unpaired) electrons. The second-order valence-electron chi connectivity index (χ2n) is 4.71. The number of carbonyl (C=O) groups excluding carboxylic acids is 1. The molecule has 1 aliphatic carbocycles. The Balaban J connectivity index is 1.95. The quantitative estimate of drug-likeness (QED) is 0.777. The zero-order chi connectivity index (χ0) is 13.0. The maximum absolute atomic E-state index is 11.8. The van der Waals surface area contributed by atoms with Gasteiger partial charge in [-0.1, -0.05) is 30.3 Å². The normalized spacial score (nSPS) is 19.1. The molecular formula is C15H20N2O. The SMILES string of the molecule is C=CCNC(=O)C(C)NC1CCc2ccccc21. The van der Waals surface area contributed by atoms with E-state index in [2.05, 4.69) is 41.5 Å². The molecule has 0 heterocycles. The highest BCUT2D eigenvalue weighted by molar-refractivity contribution is 5.81. The molecule has 2 rings (SSSR count). The third kappa shape index (κ3) is 2.79. The lowest BCUT2D eigenvalue weighted by molar-refractivity contribution is -0.122. The summed E-state index contributed by atoms with van der Waals surface area (Å²) in [6.45, 7) is 6.01. The average molecular weight is 244 g/mol. The van der Waals surface area contributed by atoms with Gasteiger partial charge in [-0.05, 0) is 30.9 Å². The van der Waals surface area contributed by atoms with Crippen molar-refractivity contribution in [2.24, 2.45) is 0 Å². The lowest BCUT2D eigenvalue weighted by Crippen LogP contribution is -2.43. The fourth-order valence-electron chi connectivity index (χ4n) is 2.43. The van der Waals surface area contributed by atoms with Crippen LogP contribution in [0.2, 0.25) is 0 Å². The molecule has 0 aromatic heterocycles. The van der Waals surface area contributed by atoms with Gasteiger partial charge >= 0.3 is 0 Å². The van der Waals surface area contributed by atoms with Crippen LogP contribution >= 0.6 is 0 Å². The molecular weight excluding hydrogens is 224 g/mol. The van der Waals surface area contributed by atoms with Crippen molar-refractivity contribution in [3.05, 3.63) is 48.0 Å². The van der Waals surface area contributed by atoms with Gasteiger partial charge in [0, 0.05) is 12.6 Å². The largest absolute Gasteiger partial charge is 0.351 e. The van der Waals surface area contributed by atoms with E-state index in [-0.39, 0.29) is 11.9 Å². The topological polar surface area (TPSA) is 41.1 Å². The molecule has 2 unspecified atom stereocenters. The van der Waals surface area contributed by atoms with E-state index in [4.69, 9.17) is 0 Å². The summed E-state index contributed by atoms with van der Waals surface area (Å²) in [7, 11) is 0. The van der Waals surface area contributed by atoms with Crippen LogP contribution in [0.4, 0.5) is 0 Å². The van der Waals surface area contributed by atoms with Gasteiger partial charge in [-0.3, -0.25) is 10.1 Å². The maximum Gasteiger partial charge on any atom is 0.237 e. The summed E-state index contributed by atoms with van der Waals surface area (Å²) in [6.07, 6.45) is 3.85. The van der Waals surface area contributed by atoms with Gasteiger partial charge in [0.2, 0.25) is 5.91 Å². The predicted molar refractivity (Wildman–Crippen MR) is 73.3 cm³/mol. The van der Waals surface area contributed by atoms with Crippen LogP contribution in [-0.4, -0.2) is 18.5 Å². The van der Waals surface area contributed by atoms with Gasteiger partial charge in [0.15, 0.2) is 0 Å². The van der Waals surface area contributed by atoms with Crippen LogP contribution in [0.25, 0.3) is 0 Å². The van der Waals surface area contributed by atoms with Crippen LogP contribution in [0.3, 0.4) is 0 Å². The first-order valence-electron chi connectivity index (χ1n) is 6.45. The average Bonchev–Trinajstić information content (AvgIpc) is 2.79. The first kappa shape index (κ1) is 12.8. The molecule has 2 N–H and O–H groups in total. The van der Waals surface area contributed by atoms with Crippen LogP contribution in [0.1, 0.15) is 30.5 Å². The number of hydrogen-bond donors (Lipinski definition) is 2. The van der Waals surface area contributed by atoms with Crippen molar-refractivity contribution in [2.75, 3.05) is 6.54 Å². The number of benzene rings is 1. The van der Waals surface area contributed by atoms with E-state index in [0.717, 1.165) is 12.8 Å². The Hall–Kier alpha value is -1.61. The second-order valence-corrected chi connectivity index (χ2v) is 4.71. The smallest absolute Gasteiger partial charge is 0.237 e. The lowest BCUT2D eigenvalue weighted by Gasteiger charge is -2.19. The van der Waals surface area contributed by atoms with Crippen molar-refractivity contribution in [2.45, 2.75) is 31.8 Å². The fourth-order valence-corrected chi connectivity index (χ4v) is 2.43. The van der Waals surface area contributed by atoms with Crippen molar-refractivity contribution in [1.29, 1.82) is 0 Å². The third-order valence-electron chi connectivity index (χ3n) is 3.40. The molecule has 96 valence electrons. The first-order chi connectivity index (χ1) is 8.72. The molecule has 2 atom stereocenters. The van der Waals surface area contributed by atoms with E-state index in [0.29, 0.717) is 12.6 Å². The Morgan fingerprint density at radius 2 is 2.33 bits per heavy atom. The van der Waals surface area contributed by atoms with E-state index < -0.39 is 0 Å². The van der Waals surface area contributed by atoms with E-state index in [1.54, 1.807) is 6.08 Å². The molecule has 3 nitrogen and oxygen atoms in total. The van der Waals surface area contributed by atoms with Crippen molar-refractivity contribution in [3.8, 4) is 0 Å². The number of carbonyl (C=O) groups is 1. The molecule has 0 saturated heterocycles. The molecule has 0 saturated carbocycles. The third-order valence-corrected chi connectivity index (χ3v) is 3.40. The van der Waals surface area contributed by atoms with Crippen molar-refractivity contribution in [1.82, 2.24) is 10.6 Å². The summed E-state index contributed by atoms with van der Waals surface area (Å²) in [4.78, 5) is 11.8. The highest BCUT2D eigenvalue weighted by Crippen LogP contribution is 2.30. The molecule has 1 amide bonds. The minimum Gasteiger partial charge on any atom is -0.351 e. The van der Waals surface area contributed by atoms with Crippen LogP contribution < -0.4 is 10.6 Å². The molecule has 0 aliphatic heterocycles. The highest BCUT2D eigenvalue weighted by Gasteiger charge is 2.24. The van der Waals surface area contributed by atoms with Gasteiger partial charge in [-0.15, -0.1) is 6.58 Å². The lowest BCUT2D eigenvalue weighted by atomic mass is 10.1. The molecule has 0 spiro atoms. The van der Waals surface area contributed by atoms with Gasteiger partial charge in [0.25, 0.3) is 0 Å². The summed E-state index contributed by atoms with van der Waals surface area (Å²) in [5, 5.41) is 6.21. The number of aryl methyl sites for hydroxylation is 1. The zero-order valence-corrected chi connectivity index (χ0v) is 10.8. The van der Waals surface area contributed by atoms with Crippen LogP contribution in [0, 0.1) is 0 Å². The standard InChI is InChI=1S/C15H20N2O/c1-3-10-16-15(18)11(2)17-14-9-8-12-6-4-5-7-13(12)14/h3-7,11,14,17H,1,8-10H2,2H3,(H,16,18). The van der Waals surface area contributed by atoms with E-state index in [9.17, 15) is 4.79 Å². The molecule has 3 heteroatoms. The van der Waals surface area contributed by atoms with Gasteiger partial charge in [0.05, 0.1) is 6.04 Å². The summed E-state index contributed by atoms with van der Waals surface area (Å²) in [6, 6.07) is 8.56. The van der Waals surface area contributed by atoms with Crippen LogP contribution in [-0.2, 0) is 11.2 Å². The van der Waals surface area contributed by atoms with Crippen molar-refractivity contribution >= 4 is 5.91 Å². The van der Waals surface area contributed by atoms with Crippen molar-refractivity contribution in [3.63, 3.8) is 0 Å². The minimum absolute atomic E-state index is 0.0271. The Kier molecular flexibility index (Phi) is 4.15. The van der Waals surface area contributed by atoms with E-state index >= 15 is 0 Å². The monoisotopic (exact) mass is 244 g/mol. The van der Waals surface area contributed by atoms with Gasteiger partial charge in [-0.2, -0.15) is 0 Å². The second kappa shape index (κ2) is 5.83. The fraction of sp³-hybridized carbons (Fsp3) is 0.400. The number of amides is 1. The summed E-state index contributed by atoms with van der Waals surface area (Å²) >= 11 is 0. The van der Waals surface area contributed by atoms with Gasteiger partial charge in [-0.25, -0.2) is 0 Å². The zero-order valence-electron chi connectivity index (χ0n) is 10.8. The number of rotatable bonds is 5. The Bertz CT molecular complexity index is 442. The summed E-state index contributed by atoms with van der Waals surface area (Å²) in [5.74, 6) is 0.0271. The number of hydrogen-bond acceptors (Lipinski definition) is 2. The summed E-state index contributed by atoms with van der Waals surface area (Å²) < 4.78 is 0. The van der Waals surface area contributed by atoms with E-state index in [1.165, 1.54) is 11.1 Å². The van der Waals surface area contributed by atoms with Gasteiger partial charge in [0.1, 0.15) is 0 Å². The maximum atomic E-state index is 11.8. The number of nitrogens with one attached hydrogen (secondary N) is 2. The minimum atomic E-state index is -0.180. The molecule has 1 aromatic carbocycles. The summed E-state index contributed by atoms with van der Waals surface area (Å²) in [5.41, 5.74) is 2.73. The number of fused-ring (bicyclic) bond motifs is 1. The molecule has 1 aromatic rings. The predicted octanol–water partition coefficient (Wildman–Crippen LogP) is 1.95. The molecule has 18 heavy (non-hydrogen) atoms. The molecule has 0 fully saturated rings. The van der Waals surface area contributed by atoms with Crippen LogP contribution in [0.5, 0.6) is 0 Å². The Morgan fingerprint density at radius 3 is 3.11 bits per heavy atom. The molecule has 0 bridgehead atoms. The Labute approximate surface area is 108 Å². The van der Waals surface area contributed by atoms with E-state index in [1.807, 2.05) is 6.92 Å². The van der Waals surface area contributed by atoms with Crippen LogP contribution in [0.15, 0.2) is 36.9 Å². The van der Waals surface area contributed by atoms with Gasteiger partial charge < -0.3 is 5.32 Å². The Morgan fingerprint density at radius 1 is 1.56 bits per heavy atom. The molecule has 1 aliphatic rings. The highest BCUT2D eigenvalue weighted by atomic mass is 16.2.